The number of carbonyl (C=O) groups is 1. The maximum Gasteiger partial charge on any atom is 0.247 e. The number of benzene rings is 2. The predicted octanol–water partition coefficient (Wildman–Crippen LogP) is 5.20. The Balaban J connectivity index is 1.53. The lowest BCUT2D eigenvalue weighted by molar-refractivity contribution is -0.111. The maximum atomic E-state index is 11.7. The van der Waals surface area contributed by atoms with Gasteiger partial charge in [-0.2, -0.15) is 4.98 Å². The van der Waals surface area contributed by atoms with Crippen molar-refractivity contribution in [3.63, 3.8) is 0 Å². The Kier molecular flexibility index (Phi) is 8.14. The molecule has 1 aromatic heterocycles. The predicted molar refractivity (Wildman–Crippen MR) is 143 cm³/mol. The summed E-state index contributed by atoms with van der Waals surface area (Å²) in [4.78, 5) is 24.9. The minimum atomic E-state index is -0.395. The molecule has 0 unspecified atom stereocenters. The summed E-state index contributed by atoms with van der Waals surface area (Å²) in [6.45, 7) is 7.36. The number of rotatable bonds is 8. The average Bonchev–Trinajstić information content (AvgIpc) is 2.89. The third-order valence-corrected chi connectivity index (χ3v) is 6.27. The molecule has 0 atom stereocenters. The van der Waals surface area contributed by atoms with Crippen LogP contribution in [0.2, 0.25) is 10.0 Å². The summed E-state index contributed by atoms with van der Waals surface area (Å²) in [5, 5.41) is 6.16. The summed E-state index contributed by atoms with van der Waals surface area (Å²) < 4.78 is 11.5. The highest BCUT2D eigenvalue weighted by Gasteiger charge is 2.17. The van der Waals surface area contributed by atoms with E-state index in [0.717, 1.165) is 37.9 Å². The van der Waals surface area contributed by atoms with Gasteiger partial charge in [-0.05, 0) is 37.4 Å². The highest BCUT2D eigenvalue weighted by Crippen LogP contribution is 2.37. The van der Waals surface area contributed by atoms with Gasteiger partial charge in [0.25, 0.3) is 0 Å². The fourth-order valence-electron chi connectivity index (χ4n) is 3.62. The molecular formula is C25H26Cl2N6O3. The van der Waals surface area contributed by atoms with Crippen molar-refractivity contribution < 1.29 is 14.3 Å². The van der Waals surface area contributed by atoms with E-state index in [1.807, 2.05) is 18.2 Å². The molecular weight excluding hydrogens is 503 g/mol. The second-order valence-electron chi connectivity index (χ2n) is 8.06. The lowest BCUT2D eigenvalue weighted by Crippen LogP contribution is -2.44. The smallest absolute Gasteiger partial charge is 0.247 e. The van der Waals surface area contributed by atoms with Gasteiger partial charge in [-0.3, -0.25) is 4.79 Å². The van der Waals surface area contributed by atoms with E-state index in [4.69, 9.17) is 32.7 Å². The van der Waals surface area contributed by atoms with Crippen LogP contribution in [-0.4, -0.2) is 61.1 Å². The fraction of sp³-hybridized carbons (Fsp3) is 0.240. The molecule has 1 fully saturated rings. The highest BCUT2D eigenvalue weighted by molar-refractivity contribution is 6.35. The molecule has 3 aromatic rings. The topological polar surface area (TPSA) is 91.8 Å². The molecule has 4 rings (SSSR count). The van der Waals surface area contributed by atoms with Crippen LogP contribution in [0.3, 0.4) is 0 Å². The fourth-order valence-corrected chi connectivity index (χ4v) is 3.96. The lowest BCUT2D eigenvalue weighted by atomic mass is 10.2. The molecule has 0 radical (unpaired) electrons. The van der Waals surface area contributed by atoms with E-state index >= 15 is 0 Å². The standard InChI is InChI=1S/C25H26Cl2N6O3/c1-4-22(34)29-19-6-5-7-20(23(19)27)36-24-17(26)15-28-25(31-24)30-18-9-8-16(14-21(18)35-3)33-12-10-32(2)11-13-33/h4-9,14-15H,1,10-13H2,2-3H3,(H,29,34)(H,28,30,31). The van der Waals surface area contributed by atoms with E-state index < -0.39 is 5.91 Å². The van der Waals surface area contributed by atoms with Crippen LogP contribution in [0.15, 0.2) is 55.3 Å². The summed E-state index contributed by atoms with van der Waals surface area (Å²) in [6, 6.07) is 10.9. The number of anilines is 4. The molecule has 2 N–H and O–H groups in total. The van der Waals surface area contributed by atoms with E-state index in [-0.39, 0.29) is 27.6 Å². The van der Waals surface area contributed by atoms with Crippen LogP contribution in [-0.2, 0) is 4.79 Å². The first-order valence-corrected chi connectivity index (χ1v) is 11.9. The molecule has 9 nitrogen and oxygen atoms in total. The number of halogens is 2. The van der Waals surface area contributed by atoms with Crippen LogP contribution in [0.4, 0.5) is 23.0 Å². The first kappa shape index (κ1) is 25.6. The molecule has 36 heavy (non-hydrogen) atoms. The van der Waals surface area contributed by atoms with Gasteiger partial charge < -0.3 is 29.9 Å². The molecule has 0 aliphatic carbocycles. The second-order valence-corrected chi connectivity index (χ2v) is 8.84. The van der Waals surface area contributed by atoms with E-state index in [2.05, 4.69) is 44.0 Å². The molecule has 1 saturated heterocycles. The number of nitrogens with one attached hydrogen (secondary N) is 2. The number of ether oxygens (including phenoxy) is 2. The molecule has 0 saturated carbocycles. The number of carbonyl (C=O) groups excluding carboxylic acids is 1. The van der Waals surface area contributed by atoms with Crippen molar-refractivity contribution >= 4 is 52.1 Å². The summed E-state index contributed by atoms with van der Waals surface area (Å²) >= 11 is 12.7. The Bertz CT molecular complexity index is 1260. The number of nitrogens with zero attached hydrogens (tertiary/aromatic N) is 4. The highest BCUT2D eigenvalue weighted by atomic mass is 35.5. The zero-order valence-electron chi connectivity index (χ0n) is 19.9. The molecule has 188 valence electrons. The summed E-state index contributed by atoms with van der Waals surface area (Å²) in [5.74, 6) is 0.872. The van der Waals surface area contributed by atoms with Gasteiger partial charge >= 0.3 is 0 Å². The Morgan fingerprint density at radius 3 is 2.61 bits per heavy atom. The largest absolute Gasteiger partial charge is 0.494 e. The van der Waals surface area contributed by atoms with Crippen molar-refractivity contribution in [2.75, 3.05) is 55.9 Å². The van der Waals surface area contributed by atoms with Gasteiger partial charge in [-0.25, -0.2) is 4.98 Å². The van der Waals surface area contributed by atoms with Gasteiger partial charge in [0.15, 0.2) is 0 Å². The minimum absolute atomic E-state index is 0.0938. The van der Waals surface area contributed by atoms with E-state index in [0.29, 0.717) is 17.1 Å². The third kappa shape index (κ3) is 5.99. The summed E-state index contributed by atoms with van der Waals surface area (Å²) in [6.07, 6.45) is 2.57. The molecule has 0 spiro atoms. The monoisotopic (exact) mass is 528 g/mol. The quantitative estimate of drug-likeness (QED) is 0.385. The summed E-state index contributed by atoms with van der Waals surface area (Å²) in [7, 11) is 3.74. The Labute approximate surface area is 219 Å². The number of aromatic nitrogens is 2. The van der Waals surface area contributed by atoms with E-state index in [1.54, 1.807) is 25.3 Å². The Hall–Kier alpha value is -3.53. The minimum Gasteiger partial charge on any atom is -0.494 e. The van der Waals surface area contributed by atoms with Gasteiger partial charge in [0.05, 0.1) is 24.7 Å². The zero-order valence-corrected chi connectivity index (χ0v) is 21.4. The van der Waals surface area contributed by atoms with Crippen LogP contribution in [0.5, 0.6) is 17.4 Å². The molecule has 0 bridgehead atoms. The van der Waals surface area contributed by atoms with E-state index in [1.165, 1.54) is 6.20 Å². The Morgan fingerprint density at radius 2 is 1.89 bits per heavy atom. The van der Waals surface area contributed by atoms with Crippen molar-refractivity contribution in [1.29, 1.82) is 0 Å². The first-order chi connectivity index (χ1) is 17.4. The summed E-state index contributed by atoms with van der Waals surface area (Å²) in [5.41, 5.74) is 2.15. The molecule has 1 aliphatic rings. The van der Waals surface area contributed by atoms with Crippen LogP contribution in [0.25, 0.3) is 0 Å². The van der Waals surface area contributed by atoms with Crippen molar-refractivity contribution in [2.45, 2.75) is 0 Å². The normalized spacial score (nSPS) is 13.7. The van der Waals surface area contributed by atoms with Gasteiger partial charge in [-0.1, -0.05) is 35.8 Å². The number of methoxy groups -OCH3 is 1. The van der Waals surface area contributed by atoms with Gasteiger partial charge in [0.2, 0.25) is 17.7 Å². The SMILES string of the molecule is C=CC(=O)Nc1cccc(Oc2nc(Nc3ccc(N4CCN(C)CC4)cc3OC)ncc2Cl)c1Cl. The molecule has 2 aromatic carbocycles. The van der Waals surface area contributed by atoms with Crippen molar-refractivity contribution in [3.8, 4) is 17.4 Å². The molecule has 2 heterocycles. The second kappa shape index (κ2) is 11.5. The van der Waals surface area contributed by atoms with Crippen molar-refractivity contribution in [3.05, 3.63) is 65.3 Å². The van der Waals surface area contributed by atoms with Gasteiger partial charge in [0.1, 0.15) is 21.5 Å². The van der Waals surface area contributed by atoms with Gasteiger partial charge in [-0.15, -0.1) is 0 Å². The number of hydrogen-bond donors (Lipinski definition) is 2. The average molecular weight is 529 g/mol. The number of amides is 1. The zero-order chi connectivity index (χ0) is 25.7. The van der Waals surface area contributed by atoms with Crippen LogP contribution in [0.1, 0.15) is 0 Å². The number of likely N-dealkylation sites (N-methyl/N-ethyl adjacent to an activating group) is 1. The Morgan fingerprint density at radius 1 is 1.11 bits per heavy atom. The van der Waals surface area contributed by atoms with Crippen LogP contribution >= 0.6 is 23.2 Å². The number of hydrogen-bond acceptors (Lipinski definition) is 8. The van der Waals surface area contributed by atoms with Crippen LogP contribution in [0, 0.1) is 0 Å². The van der Waals surface area contributed by atoms with Crippen LogP contribution < -0.4 is 25.0 Å². The lowest BCUT2D eigenvalue weighted by Gasteiger charge is -2.34. The molecule has 11 heteroatoms. The molecule has 1 amide bonds. The maximum absolute atomic E-state index is 11.7. The van der Waals surface area contributed by atoms with Crippen molar-refractivity contribution in [2.24, 2.45) is 0 Å². The van der Waals surface area contributed by atoms with Gasteiger partial charge in [0, 0.05) is 37.9 Å². The van der Waals surface area contributed by atoms with Crippen molar-refractivity contribution in [1.82, 2.24) is 14.9 Å². The van der Waals surface area contributed by atoms with E-state index in [9.17, 15) is 4.79 Å². The number of piperazine rings is 1. The third-order valence-electron chi connectivity index (χ3n) is 5.63. The first-order valence-electron chi connectivity index (χ1n) is 11.2. The molecule has 1 aliphatic heterocycles.